The normalized spacial score (nSPS) is 10.5. The number of aromatic nitrogens is 1. The number of ether oxygens (including phenoxy) is 1. The molecule has 0 unspecified atom stereocenters. The zero-order valence-corrected chi connectivity index (χ0v) is 15.0. The summed E-state index contributed by atoms with van der Waals surface area (Å²) in [5, 5.41) is 6.30. The van der Waals surface area contributed by atoms with Gasteiger partial charge in [-0.15, -0.1) is 0 Å². The Morgan fingerprint density at radius 2 is 2.04 bits per heavy atom. The van der Waals surface area contributed by atoms with E-state index in [1.807, 2.05) is 0 Å². The smallest absolute Gasteiger partial charge is 0.254 e. The summed E-state index contributed by atoms with van der Waals surface area (Å²) >= 11 is 3.33. The summed E-state index contributed by atoms with van der Waals surface area (Å²) in [6, 6.07) is 8.56. The van der Waals surface area contributed by atoms with E-state index in [4.69, 9.17) is 9.26 Å². The van der Waals surface area contributed by atoms with Gasteiger partial charge in [0, 0.05) is 29.8 Å². The molecule has 0 spiro atoms. The second kappa shape index (κ2) is 8.60. The van der Waals surface area contributed by atoms with Crippen LogP contribution in [0, 0.1) is 6.92 Å². The van der Waals surface area contributed by atoms with E-state index in [0.29, 0.717) is 30.3 Å². The highest BCUT2D eigenvalue weighted by Crippen LogP contribution is 2.13. The van der Waals surface area contributed by atoms with Crippen LogP contribution in [-0.4, -0.2) is 48.7 Å². The van der Waals surface area contributed by atoms with Crippen LogP contribution < -0.4 is 5.32 Å². The van der Waals surface area contributed by atoms with Gasteiger partial charge in [0.2, 0.25) is 5.91 Å². The maximum Gasteiger partial charge on any atom is 0.254 e. The molecule has 2 amide bonds. The molecule has 0 saturated heterocycles. The number of nitrogens with zero attached hydrogens (tertiary/aromatic N) is 2. The Morgan fingerprint density at radius 3 is 2.62 bits per heavy atom. The topological polar surface area (TPSA) is 84.7 Å². The second-order valence-corrected chi connectivity index (χ2v) is 6.01. The van der Waals surface area contributed by atoms with Crippen LogP contribution in [0.5, 0.6) is 0 Å². The van der Waals surface area contributed by atoms with Gasteiger partial charge in [0.15, 0.2) is 5.82 Å². The van der Waals surface area contributed by atoms with Crippen molar-refractivity contribution in [1.29, 1.82) is 0 Å². The summed E-state index contributed by atoms with van der Waals surface area (Å²) in [5.41, 5.74) is 0.499. The van der Waals surface area contributed by atoms with Gasteiger partial charge in [-0.05, 0) is 31.2 Å². The Labute approximate surface area is 148 Å². The number of hydrogen-bond donors (Lipinski definition) is 1. The Kier molecular flexibility index (Phi) is 6.51. The maximum absolute atomic E-state index is 12.6. The van der Waals surface area contributed by atoms with E-state index in [1.54, 1.807) is 44.4 Å². The minimum absolute atomic E-state index is 0.107. The number of hydrogen-bond acceptors (Lipinski definition) is 5. The minimum Gasteiger partial charge on any atom is -0.383 e. The van der Waals surface area contributed by atoms with Gasteiger partial charge in [-0.1, -0.05) is 21.1 Å². The molecule has 1 aromatic heterocycles. The van der Waals surface area contributed by atoms with Crippen LogP contribution in [0.1, 0.15) is 16.1 Å². The highest BCUT2D eigenvalue weighted by Gasteiger charge is 2.19. The van der Waals surface area contributed by atoms with Gasteiger partial charge in [0.25, 0.3) is 5.91 Å². The number of amides is 2. The standard InChI is InChI=1S/C16H18BrN3O4/c1-11-9-14(19-24-11)18-15(21)10-20(7-8-23-2)16(22)12-3-5-13(17)6-4-12/h3-6,9H,7-8,10H2,1-2H3,(H,18,19,21). The predicted molar refractivity (Wildman–Crippen MR) is 91.8 cm³/mol. The lowest BCUT2D eigenvalue weighted by Crippen LogP contribution is -2.40. The van der Waals surface area contributed by atoms with Crippen molar-refractivity contribution in [3.63, 3.8) is 0 Å². The van der Waals surface area contributed by atoms with E-state index in [1.165, 1.54) is 4.90 Å². The number of halogens is 1. The molecule has 0 radical (unpaired) electrons. The molecule has 0 bridgehead atoms. The van der Waals surface area contributed by atoms with Crippen molar-refractivity contribution in [1.82, 2.24) is 10.1 Å². The monoisotopic (exact) mass is 395 g/mol. The van der Waals surface area contributed by atoms with Crippen molar-refractivity contribution in [2.24, 2.45) is 0 Å². The van der Waals surface area contributed by atoms with E-state index in [0.717, 1.165) is 4.47 Å². The summed E-state index contributed by atoms with van der Waals surface area (Å²) in [6.07, 6.45) is 0. The van der Waals surface area contributed by atoms with Gasteiger partial charge in [-0.2, -0.15) is 0 Å². The molecule has 1 N–H and O–H groups in total. The first kappa shape index (κ1) is 18.2. The van der Waals surface area contributed by atoms with E-state index in [9.17, 15) is 9.59 Å². The largest absolute Gasteiger partial charge is 0.383 e. The zero-order valence-electron chi connectivity index (χ0n) is 13.4. The summed E-state index contributed by atoms with van der Waals surface area (Å²) < 4.78 is 10.8. The Bertz CT molecular complexity index is 700. The van der Waals surface area contributed by atoms with Gasteiger partial charge in [-0.25, -0.2) is 0 Å². The fraction of sp³-hybridized carbons (Fsp3) is 0.312. The highest BCUT2D eigenvalue weighted by molar-refractivity contribution is 9.10. The SMILES string of the molecule is COCCN(CC(=O)Nc1cc(C)on1)C(=O)c1ccc(Br)cc1. The number of rotatable bonds is 7. The number of carbonyl (C=O) groups excluding carboxylic acids is 2. The first-order valence-corrected chi connectivity index (χ1v) is 8.06. The number of benzene rings is 1. The van der Waals surface area contributed by atoms with Gasteiger partial charge >= 0.3 is 0 Å². The number of methoxy groups -OCH3 is 1. The van der Waals surface area contributed by atoms with Crippen molar-refractivity contribution < 1.29 is 18.8 Å². The van der Waals surface area contributed by atoms with Crippen LogP contribution in [0.4, 0.5) is 5.82 Å². The summed E-state index contributed by atoms with van der Waals surface area (Å²) in [4.78, 5) is 26.2. The molecule has 128 valence electrons. The van der Waals surface area contributed by atoms with E-state index in [2.05, 4.69) is 26.4 Å². The van der Waals surface area contributed by atoms with E-state index < -0.39 is 0 Å². The molecule has 2 aromatic rings. The molecule has 8 heteroatoms. The van der Waals surface area contributed by atoms with Crippen molar-refractivity contribution in [2.45, 2.75) is 6.92 Å². The molecular formula is C16H18BrN3O4. The molecule has 0 atom stereocenters. The first-order valence-electron chi connectivity index (χ1n) is 7.26. The Morgan fingerprint density at radius 1 is 1.33 bits per heavy atom. The molecule has 0 fully saturated rings. The third kappa shape index (κ3) is 5.17. The second-order valence-electron chi connectivity index (χ2n) is 5.10. The number of nitrogens with one attached hydrogen (secondary N) is 1. The van der Waals surface area contributed by atoms with Gasteiger partial charge in [0.05, 0.1) is 6.61 Å². The van der Waals surface area contributed by atoms with Crippen molar-refractivity contribution in [3.05, 3.63) is 46.1 Å². The molecule has 1 aromatic carbocycles. The maximum atomic E-state index is 12.6. The summed E-state index contributed by atoms with van der Waals surface area (Å²) in [7, 11) is 1.54. The minimum atomic E-state index is -0.357. The lowest BCUT2D eigenvalue weighted by Gasteiger charge is -2.21. The van der Waals surface area contributed by atoms with Gasteiger partial charge in [0.1, 0.15) is 12.3 Å². The molecule has 7 nitrogen and oxygen atoms in total. The highest BCUT2D eigenvalue weighted by atomic mass is 79.9. The van der Waals surface area contributed by atoms with Crippen LogP contribution in [0.3, 0.4) is 0 Å². The average Bonchev–Trinajstić information content (AvgIpc) is 2.96. The van der Waals surface area contributed by atoms with Crippen molar-refractivity contribution in [2.75, 3.05) is 32.1 Å². The van der Waals surface area contributed by atoms with E-state index in [-0.39, 0.29) is 18.4 Å². The number of aryl methyl sites for hydroxylation is 1. The fourth-order valence-corrected chi connectivity index (χ4v) is 2.27. The Hall–Kier alpha value is -2.19. The molecule has 0 aliphatic heterocycles. The van der Waals surface area contributed by atoms with Crippen LogP contribution >= 0.6 is 15.9 Å². The lowest BCUT2D eigenvalue weighted by molar-refractivity contribution is -0.117. The molecule has 2 rings (SSSR count). The van der Waals surface area contributed by atoms with Crippen molar-refractivity contribution >= 4 is 33.6 Å². The number of anilines is 1. The molecule has 0 aliphatic rings. The molecule has 0 aliphatic carbocycles. The molecular weight excluding hydrogens is 378 g/mol. The predicted octanol–water partition coefficient (Wildman–Crippen LogP) is 2.47. The summed E-state index contributed by atoms with van der Waals surface area (Å²) in [5.74, 6) is 0.309. The van der Waals surface area contributed by atoms with E-state index >= 15 is 0 Å². The quantitative estimate of drug-likeness (QED) is 0.778. The zero-order chi connectivity index (χ0) is 17.5. The average molecular weight is 396 g/mol. The van der Waals surface area contributed by atoms with Crippen LogP contribution in [0.25, 0.3) is 0 Å². The molecule has 0 saturated carbocycles. The van der Waals surface area contributed by atoms with Crippen LogP contribution in [0.2, 0.25) is 0 Å². The van der Waals surface area contributed by atoms with Gasteiger partial charge < -0.3 is 19.5 Å². The third-order valence-electron chi connectivity index (χ3n) is 3.17. The first-order chi connectivity index (χ1) is 11.5. The van der Waals surface area contributed by atoms with Crippen LogP contribution in [0.15, 0.2) is 39.3 Å². The molecule has 1 heterocycles. The Balaban J connectivity index is 2.05. The summed E-state index contributed by atoms with van der Waals surface area (Å²) in [6.45, 7) is 2.25. The molecule has 24 heavy (non-hydrogen) atoms. The van der Waals surface area contributed by atoms with Gasteiger partial charge in [-0.3, -0.25) is 9.59 Å². The van der Waals surface area contributed by atoms with Crippen LogP contribution in [-0.2, 0) is 9.53 Å². The van der Waals surface area contributed by atoms with Crippen molar-refractivity contribution in [3.8, 4) is 0 Å². The third-order valence-corrected chi connectivity index (χ3v) is 3.70. The number of carbonyl (C=O) groups is 2. The fourth-order valence-electron chi connectivity index (χ4n) is 2.01. The lowest BCUT2D eigenvalue weighted by atomic mass is 10.2.